The van der Waals surface area contributed by atoms with E-state index in [0.29, 0.717) is 24.0 Å². The van der Waals surface area contributed by atoms with Gasteiger partial charge in [0.2, 0.25) is 0 Å². The fourth-order valence-corrected chi connectivity index (χ4v) is 5.30. The third-order valence-corrected chi connectivity index (χ3v) is 6.31. The van der Waals surface area contributed by atoms with E-state index in [1.165, 1.54) is 37.1 Å². The van der Waals surface area contributed by atoms with Crippen molar-refractivity contribution in [3.8, 4) is 0 Å². The molecule has 6 rings (SSSR count). The first-order valence-corrected chi connectivity index (χ1v) is 9.02. The number of fused-ring (bicyclic) bond motifs is 2. The minimum atomic E-state index is 0.440. The molecule has 4 aliphatic rings. The second-order valence-electron chi connectivity index (χ2n) is 7.38. The van der Waals surface area contributed by atoms with Gasteiger partial charge in [0.05, 0.1) is 0 Å². The molecule has 2 heteroatoms. The number of piperidine rings is 3. The Hall–Kier alpha value is -1.64. The molecule has 4 atom stereocenters. The van der Waals surface area contributed by atoms with Gasteiger partial charge in [-0.25, -0.2) is 0 Å². The highest BCUT2D eigenvalue weighted by molar-refractivity contribution is 5.34. The lowest BCUT2D eigenvalue weighted by molar-refractivity contribution is 0.0294. The standard InChI is InChI=1S/C21H24N2/c1-3-7-15(8-4-1)18-19(16-9-5-2-6-10-16)22-20-17-11-13-23(14-12-17)21(18)20/h1-10,17-22H,11-14H2/t18-,19-,20+,21+/m1/s1. The Kier molecular flexibility index (Phi) is 3.27. The lowest BCUT2D eigenvalue weighted by Gasteiger charge is -2.49. The van der Waals surface area contributed by atoms with Crippen LogP contribution < -0.4 is 5.32 Å². The molecule has 4 heterocycles. The Morgan fingerprint density at radius 1 is 0.783 bits per heavy atom. The van der Waals surface area contributed by atoms with Gasteiger partial charge in [0.15, 0.2) is 0 Å². The fraction of sp³-hybridized carbons (Fsp3) is 0.429. The molecule has 118 valence electrons. The largest absolute Gasteiger partial charge is 0.305 e. The van der Waals surface area contributed by atoms with E-state index in [1.807, 2.05) is 0 Å². The molecular weight excluding hydrogens is 280 g/mol. The zero-order valence-electron chi connectivity index (χ0n) is 13.4. The number of hydrogen-bond donors (Lipinski definition) is 1. The van der Waals surface area contributed by atoms with Crippen LogP contribution in [0.3, 0.4) is 0 Å². The van der Waals surface area contributed by atoms with Crippen LogP contribution >= 0.6 is 0 Å². The first kappa shape index (κ1) is 13.8. The topological polar surface area (TPSA) is 15.3 Å². The van der Waals surface area contributed by atoms with Crippen LogP contribution in [0.4, 0.5) is 0 Å². The quantitative estimate of drug-likeness (QED) is 0.912. The SMILES string of the molecule is c1ccc([C@H]2[C@H]3[C@@H](N[C@@H]2c2ccccc2)C2CCN3CC2)cc1. The van der Waals surface area contributed by atoms with Gasteiger partial charge >= 0.3 is 0 Å². The predicted octanol–water partition coefficient (Wildman–Crippen LogP) is 3.58. The average molecular weight is 304 g/mol. The molecule has 23 heavy (non-hydrogen) atoms. The van der Waals surface area contributed by atoms with Gasteiger partial charge in [0.1, 0.15) is 0 Å². The molecule has 0 amide bonds. The Balaban J connectivity index is 1.60. The molecule has 1 N–H and O–H groups in total. The minimum absolute atomic E-state index is 0.440. The van der Waals surface area contributed by atoms with E-state index in [0.717, 1.165) is 5.92 Å². The molecule has 2 aromatic carbocycles. The van der Waals surface area contributed by atoms with Crippen LogP contribution in [0.2, 0.25) is 0 Å². The smallest absolute Gasteiger partial charge is 0.0408 e. The Morgan fingerprint density at radius 3 is 2.04 bits per heavy atom. The molecule has 0 spiro atoms. The van der Waals surface area contributed by atoms with Crippen LogP contribution in [0.25, 0.3) is 0 Å². The van der Waals surface area contributed by atoms with Crippen LogP contribution in [0.5, 0.6) is 0 Å². The number of hydrogen-bond acceptors (Lipinski definition) is 2. The van der Waals surface area contributed by atoms with Crippen molar-refractivity contribution in [2.75, 3.05) is 13.1 Å². The highest BCUT2D eigenvalue weighted by atomic mass is 15.3. The summed E-state index contributed by atoms with van der Waals surface area (Å²) in [6.45, 7) is 2.58. The van der Waals surface area contributed by atoms with Crippen LogP contribution in [-0.2, 0) is 0 Å². The van der Waals surface area contributed by atoms with E-state index in [9.17, 15) is 0 Å². The molecule has 0 saturated carbocycles. The van der Waals surface area contributed by atoms with E-state index in [4.69, 9.17) is 0 Å². The molecule has 0 unspecified atom stereocenters. The first-order chi connectivity index (χ1) is 11.4. The normalized spacial score (nSPS) is 38.4. The lowest BCUT2D eigenvalue weighted by atomic mass is 9.74. The van der Waals surface area contributed by atoms with Crippen LogP contribution in [0.15, 0.2) is 60.7 Å². The molecule has 2 aromatic rings. The van der Waals surface area contributed by atoms with Crippen molar-refractivity contribution in [2.24, 2.45) is 5.92 Å². The van der Waals surface area contributed by atoms with Crippen molar-refractivity contribution in [1.82, 2.24) is 10.2 Å². The zero-order valence-corrected chi connectivity index (χ0v) is 13.4. The highest BCUT2D eigenvalue weighted by Crippen LogP contribution is 2.49. The van der Waals surface area contributed by atoms with Gasteiger partial charge in [-0.1, -0.05) is 60.7 Å². The maximum absolute atomic E-state index is 4.05. The third kappa shape index (κ3) is 2.16. The summed E-state index contributed by atoms with van der Waals surface area (Å²) in [7, 11) is 0. The summed E-state index contributed by atoms with van der Waals surface area (Å²) in [4.78, 5) is 2.76. The van der Waals surface area contributed by atoms with E-state index in [-0.39, 0.29) is 0 Å². The minimum Gasteiger partial charge on any atom is -0.305 e. The summed E-state index contributed by atoms with van der Waals surface area (Å²) in [6.07, 6.45) is 2.74. The summed E-state index contributed by atoms with van der Waals surface area (Å²) in [5.74, 6) is 1.43. The summed E-state index contributed by atoms with van der Waals surface area (Å²) in [6, 6.07) is 24.0. The first-order valence-electron chi connectivity index (χ1n) is 9.02. The maximum Gasteiger partial charge on any atom is 0.0408 e. The lowest BCUT2D eigenvalue weighted by Crippen LogP contribution is -2.59. The molecule has 0 radical (unpaired) electrons. The average Bonchev–Trinajstić information content (AvgIpc) is 3.07. The Morgan fingerprint density at radius 2 is 1.39 bits per heavy atom. The molecule has 4 fully saturated rings. The van der Waals surface area contributed by atoms with Gasteiger partial charge in [0, 0.05) is 24.0 Å². The van der Waals surface area contributed by atoms with Gasteiger partial charge in [-0.2, -0.15) is 0 Å². The number of rotatable bonds is 2. The Labute approximate surface area is 138 Å². The number of nitrogens with one attached hydrogen (secondary N) is 1. The van der Waals surface area contributed by atoms with Crippen molar-refractivity contribution in [3.05, 3.63) is 71.8 Å². The zero-order chi connectivity index (χ0) is 15.2. The summed E-state index contributed by atoms with van der Waals surface area (Å²) in [5.41, 5.74) is 2.94. The third-order valence-electron chi connectivity index (χ3n) is 6.31. The molecule has 2 nitrogen and oxygen atoms in total. The van der Waals surface area contributed by atoms with Gasteiger partial charge < -0.3 is 5.32 Å². The van der Waals surface area contributed by atoms with Crippen molar-refractivity contribution in [1.29, 1.82) is 0 Å². The van der Waals surface area contributed by atoms with Crippen molar-refractivity contribution < 1.29 is 0 Å². The fourth-order valence-electron chi connectivity index (χ4n) is 5.30. The van der Waals surface area contributed by atoms with Crippen LogP contribution in [0, 0.1) is 5.92 Å². The molecule has 0 aliphatic carbocycles. The summed E-state index contributed by atoms with van der Waals surface area (Å²) in [5, 5.41) is 4.05. The monoisotopic (exact) mass is 304 g/mol. The van der Waals surface area contributed by atoms with Gasteiger partial charge in [-0.05, 0) is 43.0 Å². The number of benzene rings is 2. The highest BCUT2D eigenvalue weighted by Gasteiger charge is 2.53. The molecule has 4 aliphatic heterocycles. The van der Waals surface area contributed by atoms with E-state index >= 15 is 0 Å². The molecule has 2 bridgehead atoms. The Bertz CT molecular complexity index is 661. The molecular formula is C21H24N2. The second-order valence-corrected chi connectivity index (χ2v) is 7.38. The van der Waals surface area contributed by atoms with Crippen LogP contribution in [0.1, 0.15) is 35.9 Å². The van der Waals surface area contributed by atoms with E-state index in [1.54, 1.807) is 0 Å². The second kappa shape index (κ2) is 5.47. The summed E-state index contributed by atoms with van der Waals surface area (Å²) < 4.78 is 0. The van der Waals surface area contributed by atoms with E-state index < -0.39 is 0 Å². The predicted molar refractivity (Wildman–Crippen MR) is 93.4 cm³/mol. The number of nitrogens with zero attached hydrogens (tertiary/aromatic N) is 1. The van der Waals surface area contributed by atoms with Crippen molar-refractivity contribution >= 4 is 0 Å². The van der Waals surface area contributed by atoms with Gasteiger partial charge in [0.25, 0.3) is 0 Å². The van der Waals surface area contributed by atoms with Crippen molar-refractivity contribution in [2.45, 2.75) is 36.9 Å². The molecule has 4 saturated heterocycles. The summed E-state index contributed by atoms with van der Waals surface area (Å²) >= 11 is 0. The van der Waals surface area contributed by atoms with Gasteiger partial charge in [-0.15, -0.1) is 0 Å². The molecule has 0 aromatic heterocycles. The maximum atomic E-state index is 4.05. The van der Waals surface area contributed by atoms with E-state index in [2.05, 4.69) is 70.9 Å². The van der Waals surface area contributed by atoms with Gasteiger partial charge in [-0.3, -0.25) is 4.90 Å². The van der Waals surface area contributed by atoms with Crippen LogP contribution in [-0.4, -0.2) is 30.1 Å². The van der Waals surface area contributed by atoms with Crippen molar-refractivity contribution in [3.63, 3.8) is 0 Å².